The SMILES string of the molecule is Cc1cccc(C=NC2CCCCC23CCC3)c1O.[Cl][Zr][Cl]. The zero-order valence-electron chi connectivity index (χ0n) is 13.0. The molecule has 1 unspecified atom stereocenters. The van der Waals surface area contributed by atoms with E-state index in [4.69, 9.17) is 22.0 Å². The summed E-state index contributed by atoms with van der Waals surface area (Å²) in [5, 5.41) is 10.0. The summed E-state index contributed by atoms with van der Waals surface area (Å²) in [6, 6.07) is 6.34. The van der Waals surface area contributed by atoms with Crippen molar-refractivity contribution >= 4 is 23.2 Å². The number of aryl methyl sites for hydroxylation is 1. The molecule has 120 valence electrons. The van der Waals surface area contributed by atoms with Crippen LogP contribution >= 0.6 is 17.0 Å². The van der Waals surface area contributed by atoms with E-state index in [1.54, 1.807) is 0 Å². The molecule has 2 fully saturated rings. The molecule has 2 aliphatic rings. The first kappa shape index (κ1) is 18.5. The van der Waals surface area contributed by atoms with E-state index >= 15 is 0 Å². The number of rotatable bonds is 2. The van der Waals surface area contributed by atoms with Crippen molar-refractivity contribution in [3.8, 4) is 5.75 Å². The first-order valence-corrected chi connectivity index (χ1v) is 14.2. The van der Waals surface area contributed by atoms with Gasteiger partial charge in [-0.2, -0.15) is 0 Å². The Balaban J connectivity index is 0.000000545. The fourth-order valence-electron chi connectivity index (χ4n) is 3.69. The van der Waals surface area contributed by atoms with E-state index < -0.39 is 20.8 Å². The minimum atomic E-state index is -0.826. The normalized spacial score (nSPS) is 22.8. The Morgan fingerprint density at radius 2 is 1.91 bits per heavy atom. The number of hydrogen-bond donors (Lipinski definition) is 1. The van der Waals surface area contributed by atoms with Crippen molar-refractivity contribution in [2.45, 2.75) is 57.9 Å². The molecule has 2 nitrogen and oxygen atoms in total. The van der Waals surface area contributed by atoms with Crippen LogP contribution in [0.25, 0.3) is 0 Å². The van der Waals surface area contributed by atoms with Crippen molar-refractivity contribution in [1.82, 2.24) is 0 Å². The van der Waals surface area contributed by atoms with Crippen LogP contribution in [0.3, 0.4) is 0 Å². The summed E-state index contributed by atoms with van der Waals surface area (Å²) in [6.45, 7) is 1.93. The zero-order chi connectivity index (χ0) is 16.0. The number of phenols is 1. The summed E-state index contributed by atoms with van der Waals surface area (Å²) in [7, 11) is 9.87. The summed E-state index contributed by atoms with van der Waals surface area (Å²) in [6.07, 6.45) is 11.3. The maximum absolute atomic E-state index is 10.0. The second-order valence-corrected chi connectivity index (χ2v) is 10.1. The Morgan fingerprint density at radius 3 is 2.55 bits per heavy atom. The van der Waals surface area contributed by atoms with Gasteiger partial charge in [0.1, 0.15) is 5.75 Å². The van der Waals surface area contributed by atoms with Crippen LogP contribution in [-0.2, 0) is 20.8 Å². The van der Waals surface area contributed by atoms with Crippen molar-refractivity contribution in [2.75, 3.05) is 0 Å². The van der Waals surface area contributed by atoms with Crippen molar-refractivity contribution in [2.24, 2.45) is 10.4 Å². The Morgan fingerprint density at radius 1 is 1.23 bits per heavy atom. The average Bonchev–Trinajstić information content (AvgIpc) is 2.48. The molecule has 0 aliphatic heterocycles. The van der Waals surface area contributed by atoms with E-state index in [9.17, 15) is 5.11 Å². The first-order valence-electron chi connectivity index (χ1n) is 7.91. The maximum atomic E-state index is 10.0. The predicted molar refractivity (Wildman–Crippen MR) is 90.7 cm³/mol. The number of aromatic hydroxyl groups is 1. The van der Waals surface area contributed by atoms with Crippen LogP contribution < -0.4 is 0 Å². The fraction of sp³-hybridized carbons (Fsp3) is 0.588. The van der Waals surface area contributed by atoms with Crippen LogP contribution in [0.2, 0.25) is 0 Å². The van der Waals surface area contributed by atoms with Crippen LogP contribution in [-0.4, -0.2) is 17.4 Å². The number of phenolic OH excluding ortho intramolecular Hbond substituents is 1. The Bertz CT molecular complexity index is 517. The van der Waals surface area contributed by atoms with Gasteiger partial charge in [-0.3, -0.25) is 4.99 Å². The van der Waals surface area contributed by atoms with Crippen molar-refractivity contribution < 1.29 is 26.0 Å². The molecule has 3 rings (SSSR count). The number of hydrogen-bond acceptors (Lipinski definition) is 2. The Kier molecular flexibility index (Phi) is 7.44. The van der Waals surface area contributed by atoms with Crippen molar-refractivity contribution in [3.63, 3.8) is 0 Å². The van der Waals surface area contributed by atoms with Gasteiger partial charge >= 0.3 is 37.9 Å². The molecule has 5 heteroatoms. The fourth-order valence-corrected chi connectivity index (χ4v) is 3.69. The average molecular weight is 420 g/mol. The number of aliphatic imine (C=N–C) groups is 1. The second kappa shape index (κ2) is 8.85. The van der Waals surface area contributed by atoms with Crippen LogP contribution in [0, 0.1) is 12.3 Å². The molecule has 2 aliphatic carbocycles. The zero-order valence-corrected chi connectivity index (χ0v) is 17.0. The molecule has 1 N–H and O–H groups in total. The Labute approximate surface area is 152 Å². The molecule has 1 atom stereocenters. The van der Waals surface area contributed by atoms with Gasteiger partial charge in [0.2, 0.25) is 0 Å². The van der Waals surface area contributed by atoms with E-state index in [-0.39, 0.29) is 0 Å². The van der Waals surface area contributed by atoms with Gasteiger partial charge in [0.05, 0.1) is 6.04 Å². The van der Waals surface area contributed by atoms with Crippen molar-refractivity contribution in [3.05, 3.63) is 29.3 Å². The standard InChI is InChI=1S/C17H23NO.2ClH.Zr/c1-13-6-4-7-14(16(13)19)12-18-15-8-2-3-9-17(15)10-5-11-17;;;/h4,6-7,12,15,19H,2-3,5,8-11H2,1H3;2*1H;/q;;;+2/p-2. The summed E-state index contributed by atoms with van der Waals surface area (Å²) < 4.78 is 0. The Hall–Kier alpha value is 0.153. The van der Waals surface area contributed by atoms with E-state index in [0.29, 0.717) is 17.2 Å². The molecule has 0 amide bonds. The number of benzene rings is 1. The molecule has 0 bridgehead atoms. The number of nitrogens with zero attached hydrogens (tertiary/aromatic N) is 1. The van der Waals surface area contributed by atoms with E-state index in [1.165, 1.54) is 44.9 Å². The molecule has 0 saturated heterocycles. The van der Waals surface area contributed by atoms with Crippen molar-refractivity contribution in [1.29, 1.82) is 0 Å². The van der Waals surface area contributed by atoms with Gasteiger partial charge in [0, 0.05) is 11.8 Å². The predicted octanol–water partition coefficient (Wildman–Crippen LogP) is 5.61. The van der Waals surface area contributed by atoms with Crippen LogP contribution in [0.5, 0.6) is 5.75 Å². The van der Waals surface area contributed by atoms with Gasteiger partial charge in [0.25, 0.3) is 0 Å². The molecule has 2 saturated carbocycles. The molecule has 0 aromatic heterocycles. The third-order valence-corrected chi connectivity index (χ3v) is 5.12. The van der Waals surface area contributed by atoms with Crippen LogP contribution in [0.15, 0.2) is 23.2 Å². The molecular weight excluding hydrogens is 396 g/mol. The van der Waals surface area contributed by atoms with Gasteiger partial charge in [-0.25, -0.2) is 0 Å². The second-order valence-electron chi connectivity index (χ2n) is 6.34. The third-order valence-electron chi connectivity index (χ3n) is 5.12. The van der Waals surface area contributed by atoms with E-state index in [1.807, 2.05) is 31.3 Å². The quantitative estimate of drug-likeness (QED) is 0.621. The van der Waals surface area contributed by atoms with Gasteiger partial charge in [0.15, 0.2) is 0 Å². The molecule has 22 heavy (non-hydrogen) atoms. The number of halogens is 2. The summed E-state index contributed by atoms with van der Waals surface area (Å²) >= 11 is -0.826. The molecule has 1 spiro atoms. The monoisotopic (exact) mass is 417 g/mol. The molecule has 1 aromatic rings. The summed E-state index contributed by atoms with van der Waals surface area (Å²) in [5.41, 5.74) is 2.29. The van der Waals surface area contributed by atoms with Gasteiger partial charge < -0.3 is 5.11 Å². The van der Waals surface area contributed by atoms with Gasteiger partial charge in [-0.15, -0.1) is 0 Å². The summed E-state index contributed by atoms with van der Waals surface area (Å²) in [5.74, 6) is 0.379. The molecule has 0 heterocycles. The first-order chi connectivity index (χ1) is 10.6. The van der Waals surface area contributed by atoms with E-state index in [0.717, 1.165) is 11.1 Å². The molecular formula is C17H23Cl2NOZr. The third kappa shape index (κ3) is 4.37. The number of para-hydroxylation sites is 1. The topological polar surface area (TPSA) is 32.6 Å². The van der Waals surface area contributed by atoms with Crippen LogP contribution in [0.1, 0.15) is 56.1 Å². The van der Waals surface area contributed by atoms with E-state index in [2.05, 4.69) is 0 Å². The van der Waals surface area contributed by atoms with Gasteiger partial charge in [-0.1, -0.05) is 31.4 Å². The summed E-state index contributed by atoms with van der Waals surface area (Å²) in [4.78, 5) is 4.85. The molecule has 0 radical (unpaired) electrons. The van der Waals surface area contributed by atoms with Gasteiger partial charge in [-0.05, 0) is 49.7 Å². The molecule has 1 aromatic carbocycles. The minimum absolute atomic E-state index is 0.379. The van der Waals surface area contributed by atoms with Crippen LogP contribution in [0.4, 0.5) is 0 Å².